The molecular formula is C24H31N3O. The summed E-state index contributed by atoms with van der Waals surface area (Å²) in [5.41, 5.74) is 2.45. The third-order valence-electron chi connectivity index (χ3n) is 5.76. The average Bonchev–Trinajstić information content (AvgIpc) is 2.69. The van der Waals surface area contributed by atoms with E-state index in [-0.39, 0.29) is 0 Å². The van der Waals surface area contributed by atoms with E-state index in [0.29, 0.717) is 24.5 Å². The Morgan fingerprint density at radius 1 is 1.25 bits per heavy atom. The number of hydrogen-bond acceptors (Lipinski definition) is 4. The second-order valence-corrected chi connectivity index (χ2v) is 8.14. The molecule has 4 nitrogen and oxygen atoms in total. The summed E-state index contributed by atoms with van der Waals surface area (Å²) in [7, 11) is 0. The highest BCUT2D eigenvalue weighted by Crippen LogP contribution is 2.33. The van der Waals surface area contributed by atoms with Gasteiger partial charge in [0.2, 0.25) is 0 Å². The molecule has 4 heteroatoms. The maximum Gasteiger partial charge on any atom is 0.119 e. The van der Waals surface area contributed by atoms with Crippen LogP contribution in [-0.4, -0.2) is 29.1 Å². The molecule has 0 saturated heterocycles. The van der Waals surface area contributed by atoms with Gasteiger partial charge >= 0.3 is 0 Å². The van der Waals surface area contributed by atoms with Crippen LogP contribution in [0.5, 0.6) is 5.75 Å². The minimum Gasteiger partial charge on any atom is -0.490 e. The zero-order valence-corrected chi connectivity index (χ0v) is 17.1. The van der Waals surface area contributed by atoms with Gasteiger partial charge in [-0.2, -0.15) is 5.26 Å². The van der Waals surface area contributed by atoms with Crippen LogP contribution in [0.4, 0.5) is 0 Å². The molecule has 1 aromatic heterocycles. The lowest BCUT2D eigenvalue weighted by molar-refractivity contribution is 0.0895. The quantitative estimate of drug-likeness (QED) is 0.608. The highest BCUT2D eigenvalue weighted by Gasteiger charge is 2.28. The van der Waals surface area contributed by atoms with E-state index in [0.717, 1.165) is 31.7 Å². The van der Waals surface area contributed by atoms with Crippen LogP contribution in [0.15, 0.2) is 48.8 Å². The van der Waals surface area contributed by atoms with Crippen LogP contribution < -0.4 is 4.74 Å². The number of nitrogens with zero attached hydrogens (tertiary/aromatic N) is 3. The molecule has 148 valence electrons. The Hall–Kier alpha value is -2.38. The molecule has 1 fully saturated rings. The predicted molar refractivity (Wildman–Crippen MR) is 112 cm³/mol. The average molecular weight is 378 g/mol. The first-order valence-electron chi connectivity index (χ1n) is 10.4. The summed E-state index contributed by atoms with van der Waals surface area (Å²) >= 11 is 0. The van der Waals surface area contributed by atoms with Gasteiger partial charge in [0.25, 0.3) is 0 Å². The van der Waals surface area contributed by atoms with E-state index in [4.69, 9.17) is 4.74 Å². The van der Waals surface area contributed by atoms with Crippen LogP contribution in [0.3, 0.4) is 0 Å². The molecule has 1 aliphatic rings. The van der Waals surface area contributed by atoms with E-state index >= 15 is 0 Å². The van der Waals surface area contributed by atoms with Gasteiger partial charge in [-0.25, -0.2) is 0 Å². The van der Waals surface area contributed by atoms with Gasteiger partial charge < -0.3 is 4.74 Å². The highest BCUT2D eigenvalue weighted by molar-refractivity contribution is 5.27. The van der Waals surface area contributed by atoms with E-state index in [1.54, 1.807) is 0 Å². The number of rotatable bonds is 8. The molecule has 3 atom stereocenters. The Balaban J connectivity index is 1.56. The van der Waals surface area contributed by atoms with E-state index in [1.807, 2.05) is 24.5 Å². The van der Waals surface area contributed by atoms with Crippen molar-refractivity contribution in [2.45, 2.75) is 52.2 Å². The lowest BCUT2D eigenvalue weighted by Crippen LogP contribution is -2.35. The van der Waals surface area contributed by atoms with Crippen LogP contribution >= 0.6 is 0 Å². The molecule has 0 spiro atoms. The molecule has 0 amide bonds. The second-order valence-electron chi connectivity index (χ2n) is 8.14. The predicted octanol–water partition coefficient (Wildman–Crippen LogP) is 4.99. The first-order chi connectivity index (χ1) is 13.6. The molecular weight excluding hydrogens is 346 g/mol. The van der Waals surface area contributed by atoms with Crippen molar-refractivity contribution in [3.8, 4) is 11.8 Å². The van der Waals surface area contributed by atoms with Gasteiger partial charge in [0.15, 0.2) is 0 Å². The van der Waals surface area contributed by atoms with Gasteiger partial charge in [-0.3, -0.25) is 9.88 Å². The maximum atomic E-state index is 9.24. The van der Waals surface area contributed by atoms with E-state index in [1.165, 1.54) is 24.0 Å². The molecule has 1 aromatic carbocycles. The highest BCUT2D eigenvalue weighted by atomic mass is 16.5. The summed E-state index contributed by atoms with van der Waals surface area (Å²) in [6.45, 7) is 6.64. The van der Waals surface area contributed by atoms with Gasteiger partial charge in [0.1, 0.15) is 5.75 Å². The largest absolute Gasteiger partial charge is 0.490 e. The van der Waals surface area contributed by atoms with Gasteiger partial charge in [0.05, 0.1) is 18.7 Å². The summed E-state index contributed by atoms with van der Waals surface area (Å²) in [5.74, 6) is 2.17. The van der Waals surface area contributed by atoms with Gasteiger partial charge in [-0.15, -0.1) is 0 Å². The summed E-state index contributed by atoms with van der Waals surface area (Å²) in [5, 5.41) is 9.24. The molecule has 0 radical (unpaired) electrons. The van der Waals surface area contributed by atoms with Crippen LogP contribution in [0.1, 0.15) is 43.7 Å². The minimum atomic E-state index is 0.299. The Morgan fingerprint density at radius 3 is 2.82 bits per heavy atom. The molecule has 1 heterocycles. The van der Waals surface area contributed by atoms with Crippen molar-refractivity contribution in [1.29, 1.82) is 5.26 Å². The van der Waals surface area contributed by atoms with Crippen molar-refractivity contribution in [2.75, 3.05) is 13.1 Å². The molecule has 2 aromatic rings. The fourth-order valence-electron chi connectivity index (χ4n) is 4.27. The third kappa shape index (κ3) is 6.07. The number of nitriles is 1. The zero-order chi connectivity index (χ0) is 19.8. The van der Waals surface area contributed by atoms with Crippen LogP contribution in [-0.2, 0) is 6.54 Å². The minimum absolute atomic E-state index is 0.299. The summed E-state index contributed by atoms with van der Waals surface area (Å²) < 4.78 is 6.29. The maximum absolute atomic E-state index is 9.24. The number of ether oxygens (including phenoxy) is 1. The number of aryl methyl sites for hydroxylation is 1. The van der Waals surface area contributed by atoms with Crippen molar-refractivity contribution in [2.24, 2.45) is 11.8 Å². The van der Waals surface area contributed by atoms with E-state index < -0.39 is 0 Å². The standard InChI is InChI=1S/C24H31N3O/c1-19-5-3-7-23(15-19)28-24-8-4-6-22(16-24)20(2)17-27(14-11-25)18-21-9-12-26-13-10-21/h3,5,7,9-10,12-13,15,20,22,24H,4,6,8,14,16-18H2,1-2H3/t20?,22?,24-/m1/s1. The van der Waals surface area contributed by atoms with Crippen molar-refractivity contribution in [3.05, 3.63) is 59.9 Å². The first kappa shape index (κ1) is 20.4. The monoisotopic (exact) mass is 377 g/mol. The van der Waals surface area contributed by atoms with Crippen LogP contribution in [0.2, 0.25) is 0 Å². The number of hydrogen-bond donors (Lipinski definition) is 0. The normalized spacial score (nSPS) is 20.5. The van der Waals surface area contributed by atoms with Crippen molar-refractivity contribution in [3.63, 3.8) is 0 Å². The lowest BCUT2D eigenvalue weighted by Gasteiger charge is -2.35. The molecule has 1 aliphatic carbocycles. The van der Waals surface area contributed by atoms with E-state index in [2.05, 4.69) is 54.1 Å². The van der Waals surface area contributed by atoms with Gasteiger partial charge in [-0.05, 0) is 79.8 Å². The topological polar surface area (TPSA) is 49.1 Å². The molecule has 1 saturated carbocycles. The molecule has 0 aliphatic heterocycles. The number of benzene rings is 1. The Labute approximate surface area is 169 Å². The van der Waals surface area contributed by atoms with E-state index in [9.17, 15) is 5.26 Å². The van der Waals surface area contributed by atoms with Gasteiger partial charge in [-0.1, -0.05) is 19.1 Å². The third-order valence-corrected chi connectivity index (χ3v) is 5.76. The van der Waals surface area contributed by atoms with Crippen molar-refractivity contribution < 1.29 is 4.74 Å². The fourth-order valence-corrected chi connectivity index (χ4v) is 4.27. The van der Waals surface area contributed by atoms with Crippen LogP contribution in [0.25, 0.3) is 0 Å². The summed E-state index contributed by atoms with van der Waals surface area (Å²) in [6.07, 6.45) is 8.64. The fraction of sp³-hybridized carbons (Fsp3) is 0.500. The molecule has 2 unspecified atom stereocenters. The smallest absolute Gasteiger partial charge is 0.119 e. The molecule has 0 bridgehead atoms. The summed E-state index contributed by atoms with van der Waals surface area (Å²) in [6, 6.07) is 14.7. The summed E-state index contributed by atoms with van der Waals surface area (Å²) in [4.78, 5) is 6.34. The SMILES string of the molecule is Cc1cccc(O[C@@H]2CCCC(C(C)CN(CC#N)Cc3ccncc3)C2)c1. The Bertz CT molecular complexity index is 771. The molecule has 0 N–H and O–H groups in total. The lowest BCUT2D eigenvalue weighted by atomic mass is 9.79. The number of aromatic nitrogens is 1. The Kier molecular flexibility index (Phi) is 7.45. The van der Waals surface area contributed by atoms with Crippen molar-refractivity contribution in [1.82, 2.24) is 9.88 Å². The van der Waals surface area contributed by atoms with Crippen molar-refractivity contribution >= 4 is 0 Å². The second kappa shape index (κ2) is 10.2. The van der Waals surface area contributed by atoms with Crippen LogP contribution in [0, 0.1) is 30.1 Å². The zero-order valence-electron chi connectivity index (χ0n) is 17.1. The Morgan fingerprint density at radius 2 is 2.07 bits per heavy atom. The number of pyridine rings is 1. The first-order valence-corrected chi connectivity index (χ1v) is 10.4. The van der Waals surface area contributed by atoms with Gasteiger partial charge in [0, 0.05) is 25.5 Å². The molecule has 3 rings (SSSR count). The molecule has 28 heavy (non-hydrogen) atoms.